The van der Waals surface area contributed by atoms with Crippen molar-refractivity contribution < 1.29 is 9.53 Å². The third kappa shape index (κ3) is 4.07. The number of ether oxygens (including phenoxy) is 1. The number of benzene rings is 1. The molecule has 29 heavy (non-hydrogen) atoms. The Morgan fingerprint density at radius 1 is 1.28 bits per heavy atom. The van der Waals surface area contributed by atoms with Gasteiger partial charge in [0.25, 0.3) is 5.91 Å². The summed E-state index contributed by atoms with van der Waals surface area (Å²) >= 11 is 1.74. The highest BCUT2D eigenvalue weighted by atomic mass is 32.2. The van der Waals surface area contributed by atoms with Crippen LogP contribution in [0.5, 0.6) is 5.75 Å². The molecule has 0 aliphatic carbocycles. The molecule has 3 heterocycles. The lowest BCUT2D eigenvalue weighted by molar-refractivity contribution is 0.0929. The van der Waals surface area contributed by atoms with Crippen LogP contribution in [0.15, 0.2) is 48.7 Å². The van der Waals surface area contributed by atoms with Crippen LogP contribution in [0, 0.1) is 0 Å². The number of aromatic nitrogens is 4. The van der Waals surface area contributed by atoms with Crippen LogP contribution in [0.3, 0.4) is 0 Å². The number of carbonyl (C=O) groups excluding carboxylic acids is 1. The molecule has 1 atom stereocenters. The lowest BCUT2D eigenvalue weighted by Gasteiger charge is -2.16. The molecule has 0 saturated heterocycles. The minimum Gasteiger partial charge on any atom is -0.494 e. The number of thioether (sulfide) groups is 1. The van der Waals surface area contributed by atoms with Gasteiger partial charge in [-0.2, -0.15) is 11.8 Å². The number of amides is 1. The average Bonchev–Trinajstić information content (AvgIpc) is 3.35. The van der Waals surface area contributed by atoms with Crippen molar-refractivity contribution in [1.29, 1.82) is 0 Å². The highest BCUT2D eigenvalue weighted by Gasteiger charge is 2.21. The molecule has 0 radical (unpaired) electrons. The summed E-state index contributed by atoms with van der Waals surface area (Å²) in [5.74, 6) is 2.24. The molecule has 1 amide bonds. The Balaban J connectivity index is 1.60. The Hall–Kier alpha value is -3.00. The van der Waals surface area contributed by atoms with Crippen LogP contribution >= 0.6 is 11.8 Å². The lowest BCUT2D eigenvalue weighted by Crippen LogP contribution is -2.30. The highest BCUT2D eigenvalue weighted by Crippen LogP contribution is 2.23. The van der Waals surface area contributed by atoms with E-state index < -0.39 is 0 Å². The second kappa shape index (κ2) is 8.57. The van der Waals surface area contributed by atoms with Crippen molar-refractivity contribution in [3.05, 3.63) is 60.2 Å². The zero-order valence-corrected chi connectivity index (χ0v) is 17.2. The van der Waals surface area contributed by atoms with Crippen molar-refractivity contribution in [1.82, 2.24) is 24.9 Å². The van der Waals surface area contributed by atoms with Gasteiger partial charge in [0, 0.05) is 23.2 Å². The predicted molar refractivity (Wildman–Crippen MR) is 116 cm³/mol. The maximum Gasteiger partial charge on any atom is 0.268 e. The molecule has 1 aromatic carbocycles. The molecule has 7 nitrogen and oxygen atoms in total. The van der Waals surface area contributed by atoms with Crippen molar-refractivity contribution in [3.63, 3.8) is 0 Å². The number of aromatic amines is 1. The third-order valence-corrected chi connectivity index (χ3v) is 5.36. The Labute approximate surface area is 172 Å². The van der Waals surface area contributed by atoms with E-state index in [2.05, 4.69) is 26.8 Å². The number of nitrogens with zero attached hydrogens (tertiary/aromatic N) is 3. The first-order chi connectivity index (χ1) is 14.2. The van der Waals surface area contributed by atoms with Crippen LogP contribution in [-0.2, 0) is 0 Å². The molecule has 8 heteroatoms. The number of nitrogens with one attached hydrogen (secondary N) is 2. The molecule has 0 spiro atoms. The third-order valence-electron chi connectivity index (χ3n) is 4.72. The van der Waals surface area contributed by atoms with E-state index >= 15 is 0 Å². The molecular formula is C21H23N5O2S. The van der Waals surface area contributed by atoms with Gasteiger partial charge in [0.05, 0.1) is 12.6 Å². The first-order valence-corrected chi connectivity index (χ1v) is 10.9. The summed E-state index contributed by atoms with van der Waals surface area (Å²) < 4.78 is 7.46. The summed E-state index contributed by atoms with van der Waals surface area (Å²) in [7, 11) is 0. The van der Waals surface area contributed by atoms with E-state index in [1.165, 1.54) is 0 Å². The van der Waals surface area contributed by atoms with Crippen LogP contribution in [0.4, 0.5) is 0 Å². The fraction of sp³-hybridized carbons (Fsp3) is 0.286. The number of H-pyrrole nitrogens is 1. The Kier molecular flexibility index (Phi) is 5.71. The molecule has 4 rings (SSSR count). The predicted octanol–water partition coefficient (Wildman–Crippen LogP) is 3.83. The number of hydrogen-bond acceptors (Lipinski definition) is 5. The molecule has 3 aromatic heterocycles. The first kappa shape index (κ1) is 19.3. The maximum atomic E-state index is 13.0. The minimum atomic E-state index is -0.238. The van der Waals surface area contributed by atoms with Crippen LogP contribution < -0.4 is 10.1 Å². The average molecular weight is 410 g/mol. The van der Waals surface area contributed by atoms with Crippen molar-refractivity contribution in [2.24, 2.45) is 0 Å². The molecule has 1 unspecified atom stereocenters. The summed E-state index contributed by atoms with van der Waals surface area (Å²) in [5.41, 5.74) is 2.14. The fourth-order valence-corrected chi connectivity index (χ4v) is 3.79. The normalized spacial score (nSPS) is 12.3. The van der Waals surface area contributed by atoms with E-state index in [4.69, 9.17) is 4.74 Å². The number of hydrogen-bond donors (Lipinski definition) is 2. The van der Waals surface area contributed by atoms with Crippen LogP contribution in [0.2, 0.25) is 0 Å². The van der Waals surface area contributed by atoms with E-state index in [0.29, 0.717) is 12.3 Å². The van der Waals surface area contributed by atoms with Crippen LogP contribution in [0.1, 0.15) is 35.7 Å². The SMILES string of the molecule is CCOc1ccc2cc(C(=O)NC(CCSC)c3nnc4ccccn34)[nH]c2c1. The Morgan fingerprint density at radius 2 is 2.17 bits per heavy atom. The zero-order chi connectivity index (χ0) is 20.2. The van der Waals surface area contributed by atoms with Gasteiger partial charge in [-0.3, -0.25) is 9.20 Å². The summed E-state index contributed by atoms with van der Waals surface area (Å²) in [4.78, 5) is 16.2. The molecule has 0 aliphatic rings. The van der Waals surface area contributed by atoms with E-state index in [1.807, 2.05) is 60.0 Å². The molecular weight excluding hydrogens is 386 g/mol. The molecule has 2 N–H and O–H groups in total. The van der Waals surface area contributed by atoms with Gasteiger partial charge in [0.1, 0.15) is 11.4 Å². The maximum absolute atomic E-state index is 13.0. The van der Waals surface area contributed by atoms with Crippen LogP contribution in [-0.4, -0.2) is 44.1 Å². The minimum absolute atomic E-state index is 0.169. The van der Waals surface area contributed by atoms with Gasteiger partial charge in [-0.25, -0.2) is 0 Å². The largest absolute Gasteiger partial charge is 0.494 e. The van der Waals surface area contributed by atoms with Gasteiger partial charge in [0.2, 0.25) is 0 Å². The zero-order valence-electron chi connectivity index (χ0n) is 16.4. The first-order valence-electron chi connectivity index (χ1n) is 9.54. The Bertz CT molecular complexity index is 1140. The van der Waals surface area contributed by atoms with Gasteiger partial charge in [0.15, 0.2) is 11.5 Å². The summed E-state index contributed by atoms with van der Waals surface area (Å²) in [6.45, 7) is 2.55. The monoisotopic (exact) mass is 409 g/mol. The van der Waals surface area contributed by atoms with E-state index in [9.17, 15) is 4.79 Å². The van der Waals surface area contributed by atoms with Crippen molar-refractivity contribution in [2.45, 2.75) is 19.4 Å². The summed E-state index contributed by atoms with van der Waals surface area (Å²) in [6.07, 6.45) is 4.73. The number of carbonyl (C=O) groups is 1. The van der Waals surface area contributed by atoms with Gasteiger partial charge >= 0.3 is 0 Å². The second-order valence-electron chi connectivity index (χ2n) is 6.66. The molecule has 0 aliphatic heterocycles. The smallest absolute Gasteiger partial charge is 0.268 e. The standard InChI is InChI=1S/C21H23N5O2S/c1-3-28-15-8-7-14-12-18(22-17(14)13-15)21(27)23-16(9-11-29-2)20-25-24-19-6-4-5-10-26(19)20/h4-8,10,12-13,16,22H,3,9,11H2,1-2H3,(H,23,27). The highest BCUT2D eigenvalue weighted by molar-refractivity contribution is 7.98. The lowest BCUT2D eigenvalue weighted by atomic mass is 10.2. The number of rotatable bonds is 8. The topological polar surface area (TPSA) is 84.3 Å². The quantitative estimate of drug-likeness (QED) is 0.462. The van der Waals surface area contributed by atoms with Gasteiger partial charge in [-0.05, 0) is 55.7 Å². The van der Waals surface area contributed by atoms with E-state index in [1.54, 1.807) is 11.8 Å². The number of pyridine rings is 1. The van der Waals surface area contributed by atoms with Gasteiger partial charge < -0.3 is 15.0 Å². The molecule has 0 fully saturated rings. The van der Waals surface area contributed by atoms with Crippen molar-refractivity contribution in [3.8, 4) is 5.75 Å². The molecule has 0 bridgehead atoms. The summed E-state index contributed by atoms with van der Waals surface area (Å²) in [6, 6.07) is 13.1. The summed E-state index contributed by atoms with van der Waals surface area (Å²) in [5, 5.41) is 12.6. The van der Waals surface area contributed by atoms with E-state index in [-0.39, 0.29) is 11.9 Å². The van der Waals surface area contributed by atoms with Crippen molar-refractivity contribution >= 4 is 34.2 Å². The van der Waals surface area contributed by atoms with Gasteiger partial charge in [-0.15, -0.1) is 10.2 Å². The fourth-order valence-electron chi connectivity index (χ4n) is 3.32. The number of fused-ring (bicyclic) bond motifs is 2. The van der Waals surface area contributed by atoms with Crippen molar-refractivity contribution in [2.75, 3.05) is 18.6 Å². The molecule has 150 valence electrons. The second-order valence-corrected chi connectivity index (χ2v) is 7.65. The van der Waals surface area contributed by atoms with E-state index in [0.717, 1.165) is 40.3 Å². The Morgan fingerprint density at radius 3 is 3.00 bits per heavy atom. The van der Waals surface area contributed by atoms with Crippen LogP contribution in [0.25, 0.3) is 16.6 Å². The molecule has 0 saturated carbocycles. The van der Waals surface area contributed by atoms with Gasteiger partial charge in [-0.1, -0.05) is 6.07 Å². The molecule has 4 aromatic rings.